The zero-order chi connectivity index (χ0) is 17.9. The van der Waals surface area contributed by atoms with Crippen LogP contribution < -0.4 is 9.47 Å². The fraction of sp³-hybridized carbons (Fsp3) is 0.286. The van der Waals surface area contributed by atoms with Crippen molar-refractivity contribution in [2.24, 2.45) is 7.05 Å². The molecule has 5 nitrogen and oxygen atoms in total. The van der Waals surface area contributed by atoms with Gasteiger partial charge >= 0.3 is 0 Å². The second-order valence-corrected chi connectivity index (χ2v) is 6.65. The van der Waals surface area contributed by atoms with Gasteiger partial charge in [0.2, 0.25) is 0 Å². The van der Waals surface area contributed by atoms with Gasteiger partial charge in [-0.15, -0.1) is 0 Å². The van der Waals surface area contributed by atoms with E-state index in [-0.39, 0.29) is 6.10 Å². The van der Waals surface area contributed by atoms with Gasteiger partial charge in [0.1, 0.15) is 17.6 Å². The molecular formula is C21H23N3O2. The summed E-state index contributed by atoms with van der Waals surface area (Å²) in [7, 11) is 3.65. The Morgan fingerprint density at radius 3 is 2.77 bits per heavy atom. The van der Waals surface area contributed by atoms with Gasteiger partial charge in [-0.3, -0.25) is 9.58 Å². The van der Waals surface area contributed by atoms with E-state index in [9.17, 15) is 0 Å². The predicted molar refractivity (Wildman–Crippen MR) is 100 cm³/mol. The van der Waals surface area contributed by atoms with Crippen molar-refractivity contribution < 1.29 is 9.47 Å². The largest absolute Gasteiger partial charge is 0.496 e. The first-order chi connectivity index (χ1) is 12.7. The number of benzene rings is 2. The van der Waals surface area contributed by atoms with Crippen molar-refractivity contribution in [1.29, 1.82) is 0 Å². The van der Waals surface area contributed by atoms with Crippen LogP contribution >= 0.6 is 0 Å². The highest BCUT2D eigenvalue weighted by Crippen LogP contribution is 2.35. The minimum Gasteiger partial charge on any atom is -0.496 e. The Kier molecular flexibility index (Phi) is 4.63. The molecule has 1 aliphatic heterocycles. The average Bonchev–Trinajstić information content (AvgIpc) is 2.97. The molecular weight excluding hydrogens is 326 g/mol. The van der Waals surface area contributed by atoms with Gasteiger partial charge < -0.3 is 9.47 Å². The third-order valence-corrected chi connectivity index (χ3v) is 4.71. The standard InChI is InChI=1S/C21H23N3O2/c1-23-12-16(11-22-23)13-24-14-17-7-3-5-9-19(17)26-21(15-24)18-8-4-6-10-20(18)25-2/h3-12,21H,13-15H2,1-2H3. The normalized spacial score (nSPS) is 17.2. The van der Waals surface area contributed by atoms with E-state index in [2.05, 4.69) is 34.4 Å². The van der Waals surface area contributed by atoms with Crippen LogP contribution in [0.2, 0.25) is 0 Å². The van der Waals surface area contributed by atoms with Crippen molar-refractivity contribution in [3.63, 3.8) is 0 Å². The molecule has 134 valence electrons. The van der Waals surface area contributed by atoms with Crippen LogP contribution in [0.25, 0.3) is 0 Å². The molecule has 3 aromatic rings. The third kappa shape index (κ3) is 3.44. The van der Waals surface area contributed by atoms with Crippen LogP contribution in [-0.4, -0.2) is 28.3 Å². The molecule has 1 aromatic heterocycles. The molecule has 5 heteroatoms. The van der Waals surface area contributed by atoms with Gasteiger partial charge in [0.25, 0.3) is 0 Å². The van der Waals surface area contributed by atoms with Crippen molar-refractivity contribution in [3.8, 4) is 11.5 Å². The lowest BCUT2D eigenvalue weighted by molar-refractivity contribution is 0.141. The molecule has 4 rings (SSSR count). The maximum absolute atomic E-state index is 6.42. The molecule has 26 heavy (non-hydrogen) atoms. The van der Waals surface area contributed by atoms with Crippen molar-refractivity contribution in [3.05, 3.63) is 77.6 Å². The number of aromatic nitrogens is 2. The lowest BCUT2D eigenvalue weighted by Gasteiger charge is -2.24. The summed E-state index contributed by atoms with van der Waals surface area (Å²) in [6, 6.07) is 16.4. The lowest BCUT2D eigenvalue weighted by atomic mass is 10.1. The molecule has 0 aliphatic carbocycles. The van der Waals surface area contributed by atoms with E-state index in [1.807, 2.05) is 48.3 Å². The van der Waals surface area contributed by atoms with E-state index in [1.54, 1.807) is 7.11 Å². The summed E-state index contributed by atoms with van der Waals surface area (Å²) in [5.41, 5.74) is 3.47. The van der Waals surface area contributed by atoms with Gasteiger partial charge in [0.05, 0.1) is 13.3 Å². The van der Waals surface area contributed by atoms with Crippen molar-refractivity contribution in [2.45, 2.75) is 19.2 Å². The number of hydrogen-bond acceptors (Lipinski definition) is 4. The van der Waals surface area contributed by atoms with E-state index < -0.39 is 0 Å². The molecule has 2 aromatic carbocycles. The Morgan fingerprint density at radius 1 is 1.15 bits per heavy atom. The Balaban J connectivity index is 1.68. The fourth-order valence-corrected chi connectivity index (χ4v) is 3.51. The number of hydrogen-bond donors (Lipinski definition) is 0. The van der Waals surface area contributed by atoms with Gasteiger partial charge in [-0.2, -0.15) is 5.10 Å². The van der Waals surface area contributed by atoms with E-state index >= 15 is 0 Å². The maximum atomic E-state index is 6.42. The molecule has 0 saturated heterocycles. The molecule has 0 bridgehead atoms. The van der Waals surface area contributed by atoms with Crippen molar-refractivity contribution in [2.75, 3.05) is 13.7 Å². The van der Waals surface area contributed by atoms with Crippen LogP contribution in [0, 0.1) is 0 Å². The topological polar surface area (TPSA) is 39.5 Å². The minimum atomic E-state index is -0.0912. The zero-order valence-corrected chi connectivity index (χ0v) is 15.1. The highest BCUT2D eigenvalue weighted by molar-refractivity contribution is 5.39. The third-order valence-electron chi connectivity index (χ3n) is 4.71. The number of nitrogens with zero attached hydrogens (tertiary/aromatic N) is 3. The molecule has 1 atom stereocenters. The van der Waals surface area contributed by atoms with Gasteiger partial charge in [-0.25, -0.2) is 0 Å². The van der Waals surface area contributed by atoms with Crippen LogP contribution in [0.15, 0.2) is 60.9 Å². The highest BCUT2D eigenvalue weighted by Gasteiger charge is 2.26. The maximum Gasteiger partial charge on any atom is 0.140 e. The van der Waals surface area contributed by atoms with E-state index in [0.717, 1.165) is 36.7 Å². The SMILES string of the molecule is COc1ccccc1C1CN(Cc2cnn(C)c2)Cc2ccccc2O1. The molecule has 0 saturated carbocycles. The molecule has 0 N–H and O–H groups in total. The van der Waals surface area contributed by atoms with Gasteiger partial charge in [0, 0.05) is 49.6 Å². The molecule has 0 radical (unpaired) electrons. The second kappa shape index (κ2) is 7.22. The molecule has 1 unspecified atom stereocenters. The fourth-order valence-electron chi connectivity index (χ4n) is 3.51. The lowest BCUT2D eigenvalue weighted by Crippen LogP contribution is -2.28. The number of fused-ring (bicyclic) bond motifs is 1. The Bertz CT molecular complexity index is 890. The predicted octanol–water partition coefficient (Wildman–Crippen LogP) is 3.56. The Labute approximate surface area is 153 Å². The van der Waals surface area contributed by atoms with Crippen LogP contribution in [-0.2, 0) is 20.1 Å². The van der Waals surface area contributed by atoms with Gasteiger partial charge in [-0.1, -0.05) is 36.4 Å². The molecule has 1 aliphatic rings. The first kappa shape index (κ1) is 16.7. The monoisotopic (exact) mass is 349 g/mol. The summed E-state index contributed by atoms with van der Waals surface area (Å²) in [6.07, 6.45) is 3.90. The van der Waals surface area contributed by atoms with Crippen molar-refractivity contribution >= 4 is 0 Å². The first-order valence-electron chi connectivity index (χ1n) is 8.80. The van der Waals surface area contributed by atoms with Crippen LogP contribution in [0.4, 0.5) is 0 Å². The summed E-state index contributed by atoms with van der Waals surface area (Å²) >= 11 is 0. The molecule has 0 amide bonds. The quantitative estimate of drug-likeness (QED) is 0.722. The Morgan fingerprint density at radius 2 is 1.96 bits per heavy atom. The molecule has 0 spiro atoms. The second-order valence-electron chi connectivity index (χ2n) is 6.65. The summed E-state index contributed by atoms with van der Waals surface area (Å²) in [6.45, 7) is 2.46. The number of rotatable bonds is 4. The molecule has 0 fully saturated rings. The highest BCUT2D eigenvalue weighted by atomic mass is 16.5. The van der Waals surface area contributed by atoms with Gasteiger partial charge in [0.15, 0.2) is 0 Å². The van der Waals surface area contributed by atoms with E-state index in [0.29, 0.717) is 0 Å². The number of ether oxygens (including phenoxy) is 2. The van der Waals surface area contributed by atoms with Crippen LogP contribution in [0.3, 0.4) is 0 Å². The number of aryl methyl sites for hydroxylation is 1. The van der Waals surface area contributed by atoms with Crippen LogP contribution in [0.5, 0.6) is 11.5 Å². The average molecular weight is 349 g/mol. The van der Waals surface area contributed by atoms with E-state index in [1.165, 1.54) is 11.1 Å². The number of methoxy groups -OCH3 is 1. The smallest absolute Gasteiger partial charge is 0.140 e. The van der Waals surface area contributed by atoms with Crippen LogP contribution in [0.1, 0.15) is 22.8 Å². The summed E-state index contributed by atoms with van der Waals surface area (Å²) in [4.78, 5) is 2.40. The van der Waals surface area contributed by atoms with Gasteiger partial charge in [-0.05, 0) is 12.1 Å². The van der Waals surface area contributed by atoms with E-state index in [4.69, 9.17) is 9.47 Å². The minimum absolute atomic E-state index is 0.0912. The number of para-hydroxylation sites is 2. The first-order valence-corrected chi connectivity index (χ1v) is 8.80. The van der Waals surface area contributed by atoms with Crippen molar-refractivity contribution in [1.82, 2.24) is 14.7 Å². The summed E-state index contributed by atoms with van der Waals surface area (Å²) < 4.78 is 13.8. The summed E-state index contributed by atoms with van der Waals surface area (Å²) in [5.74, 6) is 1.80. The Hall–Kier alpha value is -2.79. The molecule has 2 heterocycles. The zero-order valence-electron chi connectivity index (χ0n) is 15.1. The summed E-state index contributed by atoms with van der Waals surface area (Å²) in [5, 5.41) is 4.29.